The molecule has 0 bridgehead atoms. The van der Waals surface area contributed by atoms with E-state index in [9.17, 15) is 23.4 Å². The molecule has 144 valence electrons. The molecule has 0 saturated carbocycles. The number of carboxylic acid groups (broad SMARTS) is 1. The number of aliphatic carboxylic acids is 1. The van der Waals surface area contributed by atoms with Gasteiger partial charge in [-0.2, -0.15) is 4.31 Å². The van der Waals surface area contributed by atoms with E-state index in [1.165, 1.54) is 4.31 Å². The summed E-state index contributed by atoms with van der Waals surface area (Å²) in [6.07, 6.45) is 1.65. The Hall–Kier alpha value is -1.64. The van der Waals surface area contributed by atoms with E-state index in [2.05, 4.69) is 5.32 Å². The zero-order chi connectivity index (χ0) is 18.9. The fraction of sp³-hybridized carbons (Fsp3) is 0.611. The molecular formula is C18H26N2O5S. The van der Waals surface area contributed by atoms with Gasteiger partial charge in [-0.15, -0.1) is 0 Å². The lowest BCUT2D eigenvalue weighted by molar-refractivity contribution is -0.161. The predicted molar refractivity (Wildman–Crippen MR) is 97.6 cm³/mol. The molecule has 0 amide bonds. The standard InChI is InChI=1S/C18H26N2O5S/c1-2-8-18(17(22)23)12-20(10-7-16(18)21)26(24,25)14-5-6-15-13(11-14)4-3-9-19-15/h5-6,11,16,19,21H,2-4,7-10,12H2,1H3,(H,22,23)/t16-,18-/m1/s1. The minimum absolute atomic E-state index is 0.123. The molecule has 1 fully saturated rings. The Kier molecular flexibility index (Phi) is 5.28. The van der Waals surface area contributed by atoms with Crippen LogP contribution in [0, 0.1) is 5.41 Å². The number of aliphatic hydroxyl groups excluding tert-OH is 1. The summed E-state index contributed by atoms with van der Waals surface area (Å²) in [6, 6.07) is 5.03. The number of benzene rings is 1. The van der Waals surface area contributed by atoms with Crippen molar-refractivity contribution in [2.75, 3.05) is 25.0 Å². The number of nitrogens with zero attached hydrogens (tertiary/aromatic N) is 1. The molecule has 3 rings (SSSR count). The van der Waals surface area contributed by atoms with Crippen LogP contribution in [0.4, 0.5) is 5.69 Å². The third kappa shape index (κ3) is 3.21. The van der Waals surface area contributed by atoms with Crippen LogP contribution < -0.4 is 5.32 Å². The Bertz CT molecular complexity index is 795. The highest BCUT2D eigenvalue weighted by molar-refractivity contribution is 7.89. The number of rotatable bonds is 5. The van der Waals surface area contributed by atoms with Crippen LogP contribution in [0.25, 0.3) is 0 Å². The quantitative estimate of drug-likeness (QED) is 0.715. The first-order valence-corrected chi connectivity index (χ1v) is 10.5. The predicted octanol–water partition coefficient (Wildman–Crippen LogP) is 1.67. The lowest BCUT2D eigenvalue weighted by atomic mass is 9.74. The van der Waals surface area contributed by atoms with Crippen molar-refractivity contribution in [3.63, 3.8) is 0 Å². The molecule has 2 atom stereocenters. The minimum Gasteiger partial charge on any atom is -0.481 e. The van der Waals surface area contributed by atoms with Crippen LogP contribution in [0.5, 0.6) is 0 Å². The number of aliphatic hydroxyl groups is 1. The summed E-state index contributed by atoms with van der Waals surface area (Å²) >= 11 is 0. The van der Waals surface area contributed by atoms with Gasteiger partial charge in [0.2, 0.25) is 10.0 Å². The van der Waals surface area contributed by atoms with E-state index in [1.807, 2.05) is 6.92 Å². The number of aryl methyl sites for hydroxylation is 1. The second-order valence-electron chi connectivity index (χ2n) is 7.20. The van der Waals surface area contributed by atoms with Crippen LogP contribution >= 0.6 is 0 Å². The molecule has 26 heavy (non-hydrogen) atoms. The van der Waals surface area contributed by atoms with Gasteiger partial charge in [0.15, 0.2) is 0 Å². The smallest absolute Gasteiger partial charge is 0.313 e. The maximum absolute atomic E-state index is 13.1. The number of fused-ring (bicyclic) bond motifs is 1. The molecule has 7 nitrogen and oxygen atoms in total. The highest BCUT2D eigenvalue weighted by Gasteiger charge is 2.50. The largest absolute Gasteiger partial charge is 0.481 e. The summed E-state index contributed by atoms with van der Waals surface area (Å²) in [6.45, 7) is 2.63. The Balaban J connectivity index is 1.93. The summed E-state index contributed by atoms with van der Waals surface area (Å²) in [5.74, 6) is -1.14. The maximum Gasteiger partial charge on any atom is 0.313 e. The van der Waals surface area contributed by atoms with E-state index >= 15 is 0 Å². The molecule has 8 heteroatoms. The number of anilines is 1. The number of piperidine rings is 1. The molecule has 0 radical (unpaired) electrons. The van der Waals surface area contributed by atoms with Gasteiger partial charge in [-0.25, -0.2) is 8.42 Å². The number of sulfonamides is 1. The van der Waals surface area contributed by atoms with Gasteiger partial charge in [-0.05, 0) is 49.4 Å². The fourth-order valence-corrected chi connectivity index (χ4v) is 5.59. The molecule has 0 spiro atoms. The molecule has 1 aromatic rings. The van der Waals surface area contributed by atoms with E-state index in [1.54, 1.807) is 18.2 Å². The normalized spacial score (nSPS) is 26.8. The highest BCUT2D eigenvalue weighted by Crippen LogP contribution is 2.38. The first kappa shape index (κ1) is 19.1. The minimum atomic E-state index is -3.81. The zero-order valence-corrected chi connectivity index (χ0v) is 15.8. The van der Waals surface area contributed by atoms with Crippen LogP contribution in [0.1, 0.15) is 38.2 Å². The molecule has 2 aliphatic rings. The second-order valence-corrected chi connectivity index (χ2v) is 9.14. The molecule has 2 heterocycles. The Morgan fingerprint density at radius 3 is 2.88 bits per heavy atom. The lowest BCUT2D eigenvalue weighted by Crippen LogP contribution is -2.57. The van der Waals surface area contributed by atoms with E-state index in [4.69, 9.17) is 0 Å². The zero-order valence-electron chi connectivity index (χ0n) is 14.9. The molecule has 0 aliphatic carbocycles. The molecule has 2 aliphatic heterocycles. The summed E-state index contributed by atoms with van der Waals surface area (Å²) < 4.78 is 27.5. The van der Waals surface area contributed by atoms with Gasteiger partial charge in [0.05, 0.1) is 11.0 Å². The lowest BCUT2D eigenvalue weighted by Gasteiger charge is -2.42. The van der Waals surface area contributed by atoms with Gasteiger partial charge in [0.25, 0.3) is 0 Å². The SMILES string of the molecule is CCC[C@@]1(C(=O)O)CN(S(=O)(=O)c2ccc3c(c2)CCCN3)CC[C@H]1O. The Morgan fingerprint density at radius 1 is 1.42 bits per heavy atom. The van der Waals surface area contributed by atoms with E-state index in [0.717, 1.165) is 30.6 Å². The first-order chi connectivity index (χ1) is 12.3. The van der Waals surface area contributed by atoms with Crippen molar-refractivity contribution >= 4 is 21.7 Å². The molecule has 1 aromatic carbocycles. The van der Waals surface area contributed by atoms with Crippen molar-refractivity contribution in [1.82, 2.24) is 4.31 Å². The topological polar surface area (TPSA) is 107 Å². The van der Waals surface area contributed by atoms with Gasteiger partial charge in [0, 0.05) is 25.3 Å². The van der Waals surface area contributed by atoms with Gasteiger partial charge in [0.1, 0.15) is 5.41 Å². The van der Waals surface area contributed by atoms with Crippen molar-refractivity contribution in [2.24, 2.45) is 5.41 Å². The van der Waals surface area contributed by atoms with E-state index in [0.29, 0.717) is 6.42 Å². The fourth-order valence-electron chi connectivity index (χ4n) is 4.02. The Labute approximate surface area is 154 Å². The van der Waals surface area contributed by atoms with Crippen molar-refractivity contribution in [1.29, 1.82) is 0 Å². The summed E-state index contributed by atoms with van der Waals surface area (Å²) in [5.41, 5.74) is 0.470. The molecule has 3 N–H and O–H groups in total. The van der Waals surface area contributed by atoms with Crippen LogP contribution in [0.2, 0.25) is 0 Å². The third-order valence-electron chi connectivity index (χ3n) is 5.52. The van der Waals surface area contributed by atoms with E-state index in [-0.39, 0.29) is 30.8 Å². The number of nitrogens with one attached hydrogen (secondary N) is 1. The summed E-state index contributed by atoms with van der Waals surface area (Å²) in [4.78, 5) is 12.1. The highest BCUT2D eigenvalue weighted by atomic mass is 32.2. The second kappa shape index (κ2) is 7.17. The van der Waals surface area contributed by atoms with E-state index < -0.39 is 27.5 Å². The molecule has 0 unspecified atom stereocenters. The average molecular weight is 382 g/mol. The van der Waals surface area contributed by atoms with Crippen LogP contribution in [-0.2, 0) is 21.2 Å². The number of hydrogen-bond donors (Lipinski definition) is 3. The van der Waals surface area contributed by atoms with Gasteiger partial charge in [-0.1, -0.05) is 13.3 Å². The molecular weight excluding hydrogens is 356 g/mol. The van der Waals surface area contributed by atoms with Gasteiger partial charge < -0.3 is 15.5 Å². The van der Waals surface area contributed by atoms with Crippen LogP contribution in [-0.4, -0.2) is 54.6 Å². The number of hydrogen-bond acceptors (Lipinski definition) is 5. The number of carbonyl (C=O) groups is 1. The van der Waals surface area contributed by atoms with Gasteiger partial charge >= 0.3 is 5.97 Å². The first-order valence-electron chi connectivity index (χ1n) is 9.09. The molecule has 1 saturated heterocycles. The third-order valence-corrected chi connectivity index (χ3v) is 7.36. The maximum atomic E-state index is 13.1. The monoisotopic (exact) mass is 382 g/mol. The summed E-state index contributed by atoms with van der Waals surface area (Å²) in [7, 11) is -3.81. The van der Waals surface area contributed by atoms with Crippen molar-refractivity contribution in [3.8, 4) is 0 Å². The van der Waals surface area contributed by atoms with Crippen molar-refractivity contribution in [3.05, 3.63) is 23.8 Å². The Morgan fingerprint density at radius 2 is 2.19 bits per heavy atom. The van der Waals surface area contributed by atoms with Crippen molar-refractivity contribution < 1.29 is 23.4 Å². The van der Waals surface area contributed by atoms with Gasteiger partial charge in [-0.3, -0.25) is 4.79 Å². The van der Waals surface area contributed by atoms with Crippen molar-refractivity contribution in [2.45, 2.75) is 50.0 Å². The van der Waals surface area contributed by atoms with Crippen LogP contribution in [0.3, 0.4) is 0 Å². The number of carboxylic acids is 1. The summed E-state index contributed by atoms with van der Waals surface area (Å²) in [5, 5.41) is 23.3. The van der Waals surface area contributed by atoms with Crippen LogP contribution in [0.15, 0.2) is 23.1 Å². The molecule has 0 aromatic heterocycles. The average Bonchev–Trinajstić information content (AvgIpc) is 2.63.